The van der Waals surface area contributed by atoms with Gasteiger partial charge in [-0.2, -0.15) is 0 Å². The van der Waals surface area contributed by atoms with Crippen LogP contribution in [0.25, 0.3) is 0 Å². The number of anilines is 1. The molecular formula is C13H23N5O. The number of hydrogen-bond acceptors (Lipinski definition) is 5. The highest BCUT2D eigenvalue weighted by molar-refractivity contribution is 5.80. The largest absolute Gasteiger partial charge is 0.347 e. The van der Waals surface area contributed by atoms with Crippen LogP contribution in [0.1, 0.15) is 18.9 Å². The van der Waals surface area contributed by atoms with E-state index in [2.05, 4.69) is 22.2 Å². The molecule has 0 aliphatic heterocycles. The molecule has 0 aliphatic rings. The molecule has 0 fully saturated rings. The summed E-state index contributed by atoms with van der Waals surface area (Å²) in [5.74, 6) is 0.660. The molecule has 0 aromatic carbocycles. The molecule has 0 spiro atoms. The summed E-state index contributed by atoms with van der Waals surface area (Å²) >= 11 is 0. The van der Waals surface area contributed by atoms with Gasteiger partial charge in [-0.3, -0.25) is 4.79 Å². The predicted octanol–water partition coefficient (Wildman–Crippen LogP) is 0.501. The van der Waals surface area contributed by atoms with Gasteiger partial charge in [0.15, 0.2) is 0 Å². The average molecular weight is 265 g/mol. The summed E-state index contributed by atoms with van der Waals surface area (Å²) in [6.45, 7) is 3.89. The molecule has 0 atom stereocenters. The molecule has 0 saturated heterocycles. The second kappa shape index (κ2) is 7.68. The van der Waals surface area contributed by atoms with E-state index in [1.54, 1.807) is 31.4 Å². The molecule has 1 rings (SSSR count). The van der Waals surface area contributed by atoms with Gasteiger partial charge < -0.3 is 15.1 Å². The smallest absolute Gasteiger partial charge is 0.241 e. The highest BCUT2D eigenvalue weighted by atomic mass is 16.2. The molecule has 1 heterocycles. The first-order valence-electron chi connectivity index (χ1n) is 6.49. The van der Waals surface area contributed by atoms with Crippen LogP contribution in [-0.2, 0) is 11.3 Å². The van der Waals surface area contributed by atoms with Crippen molar-refractivity contribution in [1.29, 1.82) is 0 Å². The summed E-state index contributed by atoms with van der Waals surface area (Å²) < 4.78 is 0. The van der Waals surface area contributed by atoms with Crippen LogP contribution in [0.15, 0.2) is 12.4 Å². The Labute approximate surface area is 114 Å². The fraction of sp³-hybridized carbons (Fsp3) is 0.615. The van der Waals surface area contributed by atoms with Gasteiger partial charge in [0.2, 0.25) is 11.9 Å². The molecule has 0 radical (unpaired) electrons. The average Bonchev–Trinajstić information content (AvgIpc) is 2.39. The van der Waals surface area contributed by atoms with Crippen molar-refractivity contribution in [3.05, 3.63) is 18.0 Å². The highest BCUT2D eigenvalue weighted by Crippen LogP contribution is 2.08. The van der Waals surface area contributed by atoms with Crippen molar-refractivity contribution in [2.24, 2.45) is 0 Å². The first-order valence-corrected chi connectivity index (χ1v) is 6.49. The molecule has 0 aliphatic carbocycles. The molecule has 1 aromatic rings. The SMILES string of the molecule is CCCN(CC(=O)N(C)C)c1ncc(CNC)cn1. The van der Waals surface area contributed by atoms with E-state index >= 15 is 0 Å². The minimum Gasteiger partial charge on any atom is -0.347 e. The number of rotatable bonds is 7. The Balaban J connectivity index is 2.77. The quantitative estimate of drug-likeness (QED) is 0.778. The van der Waals surface area contributed by atoms with E-state index in [9.17, 15) is 4.79 Å². The lowest BCUT2D eigenvalue weighted by Gasteiger charge is -2.23. The van der Waals surface area contributed by atoms with Crippen molar-refractivity contribution in [2.75, 3.05) is 39.1 Å². The molecule has 1 amide bonds. The number of carbonyl (C=O) groups excluding carboxylic acids is 1. The fourth-order valence-electron chi connectivity index (χ4n) is 1.63. The van der Waals surface area contributed by atoms with Gasteiger partial charge in [-0.05, 0) is 13.5 Å². The van der Waals surface area contributed by atoms with E-state index in [1.165, 1.54) is 0 Å². The van der Waals surface area contributed by atoms with Gasteiger partial charge in [0, 0.05) is 45.1 Å². The maximum atomic E-state index is 11.8. The van der Waals surface area contributed by atoms with E-state index in [4.69, 9.17) is 0 Å². The number of nitrogens with one attached hydrogen (secondary N) is 1. The first kappa shape index (κ1) is 15.4. The monoisotopic (exact) mass is 265 g/mol. The van der Waals surface area contributed by atoms with E-state index in [-0.39, 0.29) is 5.91 Å². The zero-order valence-corrected chi connectivity index (χ0v) is 12.2. The Morgan fingerprint density at radius 2 is 1.95 bits per heavy atom. The summed E-state index contributed by atoms with van der Waals surface area (Å²) in [6.07, 6.45) is 4.53. The molecule has 6 heteroatoms. The Hall–Kier alpha value is -1.69. The summed E-state index contributed by atoms with van der Waals surface area (Å²) in [5, 5.41) is 3.05. The van der Waals surface area contributed by atoms with Crippen molar-refractivity contribution in [2.45, 2.75) is 19.9 Å². The van der Waals surface area contributed by atoms with Gasteiger partial charge in [-0.25, -0.2) is 9.97 Å². The lowest BCUT2D eigenvalue weighted by molar-refractivity contribution is -0.127. The van der Waals surface area contributed by atoms with Gasteiger partial charge in [0.1, 0.15) is 0 Å². The minimum absolute atomic E-state index is 0.0522. The van der Waals surface area contributed by atoms with E-state index in [0.29, 0.717) is 12.5 Å². The van der Waals surface area contributed by atoms with Crippen LogP contribution in [0.3, 0.4) is 0 Å². The third-order valence-corrected chi connectivity index (χ3v) is 2.67. The van der Waals surface area contributed by atoms with Crippen LogP contribution < -0.4 is 10.2 Å². The van der Waals surface area contributed by atoms with Gasteiger partial charge >= 0.3 is 0 Å². The van der Waals surface area contributed by atoms with Crippen molar-refractivity contribution < 1.29 is 4.79 Å². The van der Waals surface area contributed by atoms with Gasteiger partial charge in [0.05, 0.1) is 6.54 Å². The third kappa shape index (κ3) is 4.82. The second-order valence-electron chi connectivity index (χ2n) is 4.63. The van der Waals surface area contributed by atoms with Crippen LogP contribution in [0.5, 0.6) is 0 Å². The number of amides is 1. The van der Waals surface area contributed by atoms with E-state index in [0.717, 1.165) is 25.1 Å². The number of nitrogens with zero attached hydrogens (tertiary/aromatic N) is 4. The van der Waals surface area contributed by atoms with Gasteiger partial charge in [0.25, 0.3) is 0 Å². The highest BCUT2D eigenvalue weighted by Gasteiger charge is 2.14. The standard InChI is InChI=1S/C13H23N5O/c1-5-6-18(10-12(19)17(3)4)13-15-8-11(7-14-2)9-16-13/h8-9,14H,5-7,10H2,1-4H3. The van der Waals surface area contributed by atoms with E-state index in [1.807, 2.05) is 11.9 Å². The van der Waals surface area contributed by atoms with Crippen LogP contribution in [-0.4, -0.2) is 55.0 Å². The lowest BCUT2D eigenvalue weighted by Crippen LogP contribution is -2.38. The molecule has 6 nitrogen and oxygen atoms in total. The van der Waals surface area contributed by atoms with Crippen LogP contribution >= 0.6 is 0 Å². The number of aromatic nitrogens is 2. The van der Waals surface area contributed by atoms with Crippen LogP contribution in [0, 0.1) is 0 Å². The van der Waals surface area contributed by atoms with E-state index < -0.39 is 0 Å². The summed E-state index contributed by atoms with van der Waals surface area (Å²) in [7, 11) is 5.39. The summed E-state index contributed by atoms with van der Waals surface area (Å²) in [5.41, 5.74) is 1.03. The van der Waals surface area contributed by atoms with Crippen molar-refractivity contribution in [3.63, 3.8) is 0 Å². The molecule has 1 N–H and O–H groups in total. The van der Waals surface area contributed by atoms with Crippen molar-refractivity contribution in [1.82, 2.24) is 20.2 Å². The van der Waals surface area contributed by atoms with Crippen molar-refractivity contribution in [3.8, 4) is 0 Å². The Morgan fingerprint density at radius 3 is 2.42 bits per heavy atom. The maximum Gasteiger partial charge on any atom is 0.241 e. The zero-order valence-electron chi connectivity index (χ0n) is 12.2. The lowest BCUT2D eigenvalue weighted by atomic mass is 10.3. The zero-order chi connectivity index (χ0) is 14.3. The first-order chi connectivity index (χ1) is 9.08. The second-order valence-corrected chi connectivity index (χ2v) is 4.63. The number of likely N-dealkylation sites (N-methyl/N-ethyl adjacent to an activating group) is 1. The fourth-order valence-corrected chi connectivity index (χ4v) is 1.63. The Bertz CT molecular complexity index is 391. The Morgan fingerprint density at radius 1 is 1.32 bits per heavy atom. The predicted molar refractivity (Wildman–Crippen MR) is 76.0 cm³/mol. The molecule has 1 aromatic heterocycles. The minimum atomic E-state index is 0.0522. The van der Waals surface area contributed by atoms with Gasteiger partial charge in [-0.1, -0.05) is 6.92 Å². The van der Waals surface area contributed by atoms with Crippen LogP contribution in [0.4, 0.5) is 5.95 Å². The topological polar surface area (TPSA) is 61.4 Å². The molecular weight excluding hydrogens is 242 g/mol. The summed E-state index contributed by atoms with van der Waals surface area (Å²) in [4.78, 5) is 23.9. The molecule has 19 heavy (non-hydrogen) atoms. The third-order valence-electron chi connectivity index (χ3n) is 2.67. The van der Waals surface area contributed by atoms with Crippen molar-refractivity contribution >= 4 is 11.9 Å². The number of hydrogen-bond donors (Lipinski definition) is 1. The summed E-state index contributed by atoms with van der Waals surface area (Å²) in [6, 6.07) is 0. The van der Waals surface area contributed by atoms with Crippen LogP contribution in [0.2, 0.25) is 0 Å². The normalized spacial score (nSPS) is 10.3. The Kier molecular flexibility index (Phi) is 6.21. The molecule has 0 bridgehead atoms. The maximum absolute atomic E-state index is 11.8. The molecule has 0 unspecified atom stereocenters. The van der Waals surface area contributed by atoms with Gasteiger partial charge in [-0.15, -0.1) is 0 Å². The molecule has 0 saturated carbocycles. The number of carbonyl (C=O) groups is 1. The molecule has 106 valence electrons.